The Morgan fingerprint density at radius 3 is 1.70 bits per heavy atom. The minimum Gasteiger partial charge on any atom is -0.348 e. The Kier molecular flexibility index (Phi) is 5.88. The van der Waals surface area contributed by atoms with E-state index in [1.165, 1.54) is 35.7 Å². The summed E-state index contributed by atoms with van der Waals surface area (Å²) in [6, 6.07) is 23.7. The van der Waals surface area contributed by atoms with Crippen molar-refractivity contribution in [2.75, 3.05) is 19.0 Å². The molecule has 1 heterocycles. The van der Waals surface area contributed by atoms with Gasteiger partial charge in [-0.2, -0.15) is 0 Å². The first-order valence-corrected chi connectivity index (χ1v) is 10.1. The molecule has 0 fully saturated rings. The predicted octanol–water partition coefficient (Wildman–Crippen LogP) is 3.54. The summed E-state index contributed by atoms with van der Waals surface area (Å²) in [5.74, 6) is 0.736. The molecule has 0 aliphatic heterocycles. The summed E-state index contributed by atoms with van der Waals surface area (Å²) in [7, 11) is -0.456. The molecule has 0 atom stereocenters. The van der Waals surface area contributed by atoms with E-state index in [9.17, 15) is 8.42 Å². The number of anilines is 1. The Labute approximate surface area is 161 Å². The van der Waals surface area contributed by atoms with Gasteiger partial charge in [0.05, 0.1) is 0 Å². The number of benzene rings is 2. The van der Waals surface area contributed by atoms with E-state index in [0.29, 0.717) is 13.1 Å². The Bertz CT molecular complexity index is 916. The minimum absolute atomic E-state index is 0.190. The molecule has 6 heteroatoms. The fourth-order valence-electron chi connectivity index (χ4n) is 2.75. The lowest BCUT2D eigenvalue weighted by Crippen LogP contribution is -2.24. The SMILES string of the molecule is CN(C)S(=O)(=O)c1ccc(N(Cc2ccccc2)Cc2ccccc2)nc1. The fraction of sp³-hybridized carbons (Fsp3) is 0.190. The van der Waals surface area contributed by atoms with Crippen molar-refractivity contribution in [3.05, 3.63) is 90.1 Å². The van der Waals surface area contributed by atoms with E-state index < -0.39 is 10.0 Å². The van der Waals surface area contributed by atoms with Crippen LogP contribution in [0, 0.1) is 0 Å². The smallest absolute Gasteiger partial charge is 0.244 e. The number of pyridine rings is 1. The second-order valence-corrected chi connectivity index (χ2v) is 8.62. The molecule has 0 amide bonds. The van der Waals surface area contributed by atoms with Crippen LogP contribution in [-0.4, -0.2) is 31.8 Å². The zero-order valence-electron chi connectivity index (χ0n) is 15.5. The van der Waals surface area contributed by atoms with Gasteiger partial charge in [-0.05, 0) is 23.3 Å². The summed E-state index contributed by atoms with van der Waals surface area (Å²) in [4.78, 5) is 6.77. The number of sulfonamides is 1. The van der Waals surface area contributed by atoms with Crippen molar-refractivity contribution in [3.8, 4) is 0 Å². The largest absolute Gasteiger partial charge is 0.348 e. The monoisotopic (exact) mass is 381 g/mol. The van der Waals surface area contributed by atoms with Crippen LogP contribution in [0.25, 0.3) is 0 Å². The maximum Gasteiger partial charge on any atom is 0.244 e. The molecule has 27 heavy (non-hydrogen) atoms. The van der Waals surface area contributed by atoms with E-state index in [1.54, 1.807) is 12.1 Å². The van der Waals surface area contributed by atoms with Crippen molar-refractivity contribution in [1.82, 2.24) is 9.29 Å². The first-order valence-electron chi connectivity index (χ1n) is 8.68. The maximum absolute atomic E-state index is 12.3. The Morgan fingerprint density at radius 2 is 1.30 bits per heavy atom. The summed E-state index contributed by atoms with van der Waals surface area (Å²) in [5.41, 5.74) is 2.33. The van der Waals surface area contributed by atoms with Crippen LogP contribution in [-0.2, 0) is 23.1 Å². The van der Waals surface area contributed by atoms with E-state index in [1.807, 2.05) is 36.4 Å². The molecule has 0 aliphatic carbocycles. The van der Waals surface area contributed by atoms with Crippen LogP contribution in [0.3, 0.4) is 0 Å². The molecular formula is C21H23N3O2S. The minimum atomic E-state index is -3.48. The molecule has 2 aromatic carbocycles. The molecule has 0 radical (unpaired) electrons. The van der Waals surface area contributed by atoms with E-state index in [4.69, 9.17) is 0 Å². The highest BCUT2D eigenvalue weighted by atomic mass is 32.2. The van der Waals surface area contributed by atoms with Gasteiger partial charge in [0.15, 0.2) is 0 Å². The van der Waals surface area contributed by atoms with Gasteiger partial charge >= 0.3 is 0 Å². The van der Waals surface area contributed by atoms with Gasteiger partial charge in [-0.25, -0.2) is 17.7 Å². The van der Waals surface area contributed by atoms with Crippen molar-refractivity contribution in [3.63, 3.8) is 0 Å². The molecule has 0 bridgehead atoms. The van der Waals surface area contributed by atoms with Gasteiger partial charge in [0, 0.05) is 33.4 Å². The van der Waals surface area contributed by atoms with Gasteiger partial charge in [-0.3, -0.25) is 0 Å². The summed E-state index contributed by atoms with van der Waals surface area (Å²) in [6.45, 7) is 1.37. The first kappa shape index (κ1) is 19.1. The second-order valence-electron chi connectivity index (χ2n) is 6.47. The molecule has 140 valence electrons. The zero-order chi connectivity index (χ0) is 19.3. The lowest BCUT2D eigenvalue weighted by molar-refractivity contribution is 0.520. The van der Waals surface area contributed by atoms with E-state index >= 15 is 0 Å². The number of aromatic nitrogens is 1. The highest BCUT2D eigenvalue weighted by molar-refractivity contribution is 7.89. The molecule has 3 rings (SSSR count). The lowest BCUT2D eigenvalue weighted by atomic mass is 10.1. The number of hydrogen-bond acceptors (Lipinski definition) is 4. The number of hydrogen-bond donors (Lipinski definition) is 0. The first-order chi connectivity index (χ1) is 13.0. The van der Waals surface area contributed by atoms with Crippen LogP contribution in [0.4, 0.5) is 5.82 Å². The molecule has 0 unspecified atom stereocenters. The van der Waals surface area contributed by atoms with E-state index in [2.05, 4.69) is 34.1 Å². The molecular weight excluding hydrogens is 358 g/mol. The van der Waals surface area contributed by atoms with Crippen molar-refractivity contribution in [2.24, 2.45) is 0 Å². The third-order valence-electron chi connectivity index (χ3n) is 4.26. The van der Waals surface area contributed by atoms with Gasteiger partial charge in [-0.15, -0.1) is 0 Å². The molecule has 5 nitrogen and oxygen atoms in total. The van der Waals surface area contributed by atoms with Crippen LogP contribution >= 0.6 is 0 Å². The normalized spacial score (nSPS) is 11.5. The molecule has 3 aromatic rings. The van der Waals surface area contributed by atoms with Crippen LogP contribution in [0.5, 0.6) is 0 Å². The predicted molar refractivity (Wildman–Crippen MR) is 108 cm³/mol. The second kappa shape index (κ2) is 8.33. The van der Waals surface area contributed by atoms with E-state index in [-0.39, 0.29) is 4.90 Å². The van der Waals surface area contributed by atoms with Crippen LogP contribution in [0.1, 0.15) is 11.1 Å². The topological polar surface area (TPSA) is 53.5 Å². The van der Waals surface area contributed by atoms with Crippen molar-refractivity contribution in [2.45, 2.75) is 18.0 Å². The maximum atomic E-state index is 12.3. The molecule has 0 saturated carbocycles. The van der Waals surface area contributed by atoms with Crippen molar-refractivity contribution in [1.29, 1.82) is 0 Å². The van der Waals surface area contributed by atoms with Gasteiger partial charge in [0.1, 0.15) is 10.7 Å². The van der Waals surface area contributed by atoms with Gasteiger partial charge in [-0.1, -0.05) is 60.7 Å². The van der Waals surface area contributed by atoms with Crippen LogP contribution < -0.4 is 4.90 Å². The van der Waals surface area contributed by atoms with Gasteiger partial charge < -0.3 is 4.90 Å². The molecule has 1 aromatic heterocycles. The van der Waals surface area contributed by atoms with Crippen molar-refractivity contribution < 1.29 is 8.42 Å². The highest BCUT2D eigenvalue weighted by Crippen LogP contribution is 2.20. The van der Waals surface area contributed by atoms with E-state index in [0.717, 1.165) is 5.82 Å². The Morgan fingerprint density at radius 1 is 0.778 bits per heavy atom. The Hall–Kier alpha value is -2.70. The number of nitrogens with zero attached hydrogens (tertiary/aromatic N) is 3. The quantitative estimate of drug-likeness (QED) is 0.628. The summed E-state index contributed by atoms with van der Waals surface area (Å²) in [5, 5.41) is 0. The van der Waals surface area contributed by atoms with Gasteiger partial charge in [0.25, 0.3) is 0 Å². The molecule has 0 spiro atoms. The highest BCUT2D eigenvalue weighted by Gasteiger charge is 2.18. The molecule has 0 saturated heterocycles. The van der Waals surface area contributed by atoms with Crippen LogP contribution in [0.15, 0.2) is 83.9 Å². The molecule has 0 aliphatic rings. The zero-order valence-corrected chi connectivity index (χ0v) is 16.3. The van der Waals surface area contributed by atoms with Crippen LogP contribution in [0.2, 0.25) is 0 Å². The third kappa shape index (κ3) is 4.72. The summed E-state index contributed by atoms with van der Waals surface area (Å²) in [6.07, 6.45) is 1.42. The standard InChI is InChI=1S/C21H23N3O2S/c1-23(2)27(25,26)20-13-14-21(22-15-20)24(16-18-9-5-3-6-10-18)17-19-11-7-4-8-12-19/h3-15H,16-17H2,1-2H3. The number of rotatable bonds is 7. The molecule has 0 N–H and O–H groups in total. The third-order valence-corrected chi connectivity index (χ3v) is 6.05. The summed E-state index contributed by atoms with van der Waals surface area (Å²) >= 11 is 0. The fourth-order valence-corrected chi connectivity index (χ4v) is 3.60. The average Bonchev–Trinajstić information content (AvgIpc) is 2.69. The lowest BCUT2D eigenvalue weighted by Gasteiger charge is -2.24. The van der Waals surface area contributed by atoms with Gasteiger partial charge in [0.2, 0.25) is 10.0 Å². The average molecular weight is 382 g/mol. The van der Waals surface area contributed by atoms with Crippen molar-refractivity contribution >= 4 is 15.8 Å². The Balaban J connectivity index is 1.90. The summed E-state index contributed by atoms with van der Waals surface area (Å²) < 4.78 is 25.7.